The van der Waals surface area contributed by atoms with Gasteiger partial charge in [0.05, 0.1) is 17.4 Å². The number of amides is 2. The number of fused-ring (bicyclic) bond motifs is 2. The van der Waals surface area contributed by atoms with Gasteiger partial charge >= 0.3 is 5.97 Å². The molecular formula is C23H30N2O4S. The number of carboxylic acid groups (broad SMARTS) is 1. The highest BCUT2D eigenvalue weighted by Gasteiger charge is 2.48. The van der Waals surface area contributed by atoms with Crippen molar-refractivity contribution in [3.05, 3.63) is 28.2 Å². The number of carboxylic acids is 1. The van der Waals surface area contributed by atoms with Crippen molar-refractivity contribution in [2.45, 2.75) is 64.8 Å². The minimum Gasteiger partial charge on any atom is -0.481 e. The Bertz CT molecular complexity index is 884. The largest absolute Gasteiger partial charge is 0.481 e. The van der Waals surface area contributed by atoms with Crippen LogP contribution in [0.25, 0.3) is 0 Å². The molecule has 1 aromatic heterocycles. The number of carbonyl (C=O) groups excluding carboxylic acids is 2. The third kappa shape index (κ3) is 3.92. The van der Waals surface area contributed by atoms with Gasteiger partial charge in [-0.25, -0.2) is 0 Å². The normalized spacial score (nSPS) is 28.3. The maximum Gasteiger partial charge on any atom is 0.307 e. The standard InChI is InChI=1S/C23H30N2O4S/c1-12-13(2)30-22(17(12)20(26)24-16-6-4-3-5-7-16)25-21(27)18-14-8-10-15(11-9-14)19(18)23(28)29/h8,10,14-16,18-19H,3-7,9,11H2,1-2H3,(H,24,26)(H,25,27)(H,28,29)/t14-,15-,18-,19+/m0/s1. The monoisotopic (exact) mass is 430 g/mol. The summed E-state index contributed by atoms with van der Waals surface area (Å²) in [4.78, 5) is 39.2. The van der Waals surface area contributed by atoms with Gasteiger partial charge in [0.15, 0.2) is 0 Å². The van der Waals surface area contributed by atoms with Gasteiger partial charge in [-0.05, 0) is 56.9 Å². The van der Waals surface area contributed by atoms with Crippen LogP contribution in [0.2, 0.25) is 0 Å². The van der Waals surface area contributed by atoms with Gasteiger partial charge in [0, 0.05) is 10.9 Å². The molecule has 30 heavy (non-hydrogen) atoms. The van der Waals surface area contributed by atoms with Crippen molar-refractivity contribution in [3.8, 4) is 0 Å². The highest BCUT2D eigenvalue weighted by atomic mass is 32.1. The quantitative estimate of drug-likeness (QED) is 0.608. The zero-order valence-corrected chi connectivity index (χ0v) is 18.4. The minimum absolute atomic E-state index is 0.0576. The third-order valence-corrected chi connectivity index (χ3v) is 8.25. The molecule has 1 aromatic rings. The maximum atomic E-state index is 13.2. The Morgan fingerprint density at radius 3 is 2.20 bits per heavy atom. The van der Waals surface area contributed by atoms with E-state index in [0.717, 1.165) is 49.0 Å². The molecule has 2 saturated carbocycles. The molecule has 2 bridgehead atoms. The summed E-state index contributed by atoms with van der Waals surface area (Å²) in [6, 6.07) is 0.185. The number of carbonyl (C=O) groups is 3. The molecule has 5 rings (SSSR count). The third-order valence-electron chi connectivity index (χ3n) is 7.13. The van der Waals surface area contributed by atoms with Gasteiger partial charge in [-0.3, -0.25) is 14.4 Å². The van der Waals surface area contributed by atoms with Crippen molar-refractivity contribution in [2.24, 2.45) is 23.7 Å². The molecule has 1 heterocycles. The van der Waals surface area contributed by atoms with E-state index in [4.69, 9.17) is 0 Å². The lowest BCUT2D eigenvalue weighted by Gasteiger charge is -2.41. The molecule has 6 nitrogen and oxygen atoms in total. The van der Waals surface area contributed by atoms with Gasteiger partial charge in [0.1, 0.15) is 5.00 Å². The summed E-state index contributed by atoms with van der Waals surface area (Å²) in [7, 11) is 0. The molecule has 4 atom stereocenters. The number of aliphatic carboxylic acids is 1. The van der Waals surface area contributed by atoms with E-state index < -0.39 is 17.8 Å². The number of allylic oxidation sites excluding steroid dienone is 2. The second kappa shape index (κ2) is 8.53. The van der Waals surface area contributed by atoms with Crippen LogP contribution in [0.15, 0.2) is 12.2 Å². The molecule has 0 aliphatic heterocycles. The molecule has 0 unspecified atom stereocenters. The van der Waals surface area contributed by atoms with Gasteiger partial charge in [-0.2, -0.15) is 0 Å². The Morgan fingerprint density at radius 1 is 0.967 bits per heavy atom. The lowest BCUT2D eigenvalue weighted by atomic mass is 9.62. The van der Waals surface area contributed by atoms with E-state index >= 15 is 0 Å². The molecule has 162 valence electrons. The minimum atomic E-state index is -0.914. The SMILES string of the molecule is Cc1sc(NC(=O)[C@@H]2[C@H](C(=O)O)[C@H]3C=C[C@H]2CC3)c(C(=O)NC2CCCCC2)c1C. The van der Waals surface area contributed by atoms with Crippen molar-refractivity contribution in [3.63, 3.8) is 0 Å². The predicted molar refractivity (Wildman–Crippen MR) is 117 cm³/mol. The number of anilines is 1. The lowest BCUT2D eigenvalue weighted by Crippen LogP contribution is -2.47. The van der Waals surface area contributed by atoms with Gasteiger partial charge in [0.25, 0.3) is 5.91 Å². The molecule has 0 aromatic carbocycles. The number of hydrogen-bond donors (Lipinski definition) is 3. The van der Waals surface area contributed by atoms with Crippen LogP contribution in [0.4, 0.5) is 5.00 Å². The Kier molecular flexibility index (Phi) is 6.00. The fraction of sp³-hybridized carbons (Fsp3) is 0.609. The first-order valence-electron chi connectivity index (χ1n) is 11.0. The highest BCUT2D eigenvalue weighted by Crippen LogP contribution is 2.46. The molecule has 0 radical (unpaired) electrons. The van der Waals surface area contributed by atoms with E-state index in [-0.39, 0.29) is 29.7 Å². The smallest absolute Gasteiger partial charge is 0.307 e. The van der Waals surface area contributed by atoms with E-state index in [1.807, 2.05) is 26.0 Å². The number of thiophene rings is 1. The van der Waals surface area contributed by atoms with Crippen molar-refractivity contribution in [2.75, 3.05) is 5.32 Å². The van der Waals surface area contributed by atoms with Crippen LogP contribution < -0.4 is 10.6 Å². The number of hydrogen-bond acceptors (Lipinski definition) is 4. The maximum absolute atomic E-state index is 13.2. The fourth-order valence-corrected chi connectivity index (χ4v) is 6.44. The van der Waals surface area contributed by atoms with E-state index in [1.54, 1.807) is 0 Å². The topological polar surface area (TPSA) is 95.5 Å². The van der Waals surface area contributed by atoms with Crippen LogP contribution in [0.3, 0.4) is 0 Å². The summed E-state index contributed by atoms with van der Waals surface area (Å²) in [5.74, 6) is -2.78. The lowest BCUT2D eigenvalue weighted by molar-refractivity contribution is -0.151. The van der Waals surface area contributed by atoms with Crippen LogP contribution in [0, 0.1) is 37.5 Å². The molecule has 0 spiro atoms. The van der Waals surface area contributed by atoms with E-state index in [1.165, 1.54) is 17.8 Å². The zero-order chi connectivity index (χ0) is 21.4. The summed E-state index contributed by atoms with van der Waals surface area (Å²) in [6.45, 7) is 3.85. The first-order valence-corrected chi connectivity index (χ1v) is 11.8. The van der Waals surface area contributed by atoms with Crippen LogP contribution in [-0.4, -0.2) is 28.9 Å². The highest BCUT2D eigenvalue weighted by molar-refractivity contribution is 7.16. The molecule has 4 aliphatic rings. The Hall–Kier alpha value is -2.15. The van der Waals surface area contributed by atoms with E-state index in [9.17, 15) is 19.5 Å². The summed E-state index contributed by atoms with van der Waals surface area (Å²) >= 11 is 1.40. The molecule has 4 aliphatic carbocycles. The summed E-state index contributed by atoms with van der Waals surface area (Å²) < 4.78 is 0. The summed E-state index contributed by atoms with van der Waals surface area (Å²) in [5.41, 5.74) is 1.41. The summed E-state index contributed by atoms with van der Waals surface area (Å²) in [5, 5.41) is 16.4. The first-order chi connectivity index (χ1) is 14.4. The first kappa shape index (κ1) is 21.1. The fourth-order valence-electron chi connectivity index (χ4n) is 5.38. The van der Waals surface area contributed by atoms with Gasteiger partial charge in [0.2, 0.25) is 5.91 Å². The molecule has 7 heteroatoms. The molecular weight excluding hydrogens is 400 g/mol. The predicted octanol–water partition coefficient (Wildman–Crippen LogP) is 4.28. The number of aryl methyl sites for hydroxylation is 1. The Labute approximate surface area is 181 Å². The van der Waals surface area contributed by atoms with Crippen LogP contribution >= 0.6 is 11.3 Å². The second-order valence-electron chi connectivity index (χ2n) is 8.96. The van der Waals surface area contributed by atoms with E-state index in [0.29, 0.717) is 10.6 Å². The molecule has 2 amide bonds. The molecule has 3 N–H and O–H groups in total. The van der Waals surface area contributed by atoms with Gasteiger partial charge in [-0.15, -0.1) is 11.3 Å². The van der Waals surface area contributed by atoms with Crippen LogP contribution in [-0.2, 0) is 9.59 Å². The second-order valence-corrected chi connectivity index (χ2v) is 10.2. The Balaban J connectivity index is 1.55. The molecule has 0 saturated heterocycles. The number of rotatable bonds is 5. The number of nitrogens with one attached hydrogen (secondary N) is 2. The average molecular weight is 431 g/mol. The molecule has 2 fully saturated rings. The van der Waals surface area contributed by atoms with Crippen LogP contribution in [0.5, 0.6) is 0 Å². The van der Waals surface area contributed by atoms with Crippen LogP contribution in [0.1, 0.15) is 65.7 Å². The average Bonchev–Trinajstić information content (AvgIpc) is 3.01. The van der Waals surface area contributed by atoms with Crippen molar-refractivity contribution >= 4 is 34.1 Å². The van der Waals surface area contributed by atoms with Gasteiger partial charge < -0.3 is 15.7 Å². The van der Waals surface area contributed by atoms with Crippen molar-refractivity contribution in [1.29, 1.82) is 0 Å². The van der Waals surface area contributed by atoms with Gasteiger partial charge in [-0.1, -0.05) is 31.4 Å². The Morgan fingerprint density at radius 2 is 1.60 bits per heavy atom. The van der Waals surface area contributed by atoms with Crippen molar-refractivity contribution in [1.82, 2.24) is 5.32 Å². The van der Waals surface area contributed by atoms with Crippen molar-refractivity contribution < 1.29 is 19.5 Å². The summed E-state index contributed by atoms with van der Waals surface area (Å²) in [6.07, 6.45) is 11.1. The van der Waals surface area contributed by atoms with E-state index in [2.05, 4.69) is 10.6 Å². The zero-order valence-electron chi connectivity index (χ0n) is 17.6.